The molecule has 0 aromatic heterocycles. The minimum absolute atomic E-state index is 0.0997. The number of amides is 1. The predicted molar refractivity (Wildman–Crippen MR) is 115 cm³/mol. The molecule has 2 aromatic rings. The highest BCUT2D eigenvalue weighted by atomic mass is 32.2. The molecule has 2 saturated heterocycles. The number of hydrogen-bond acceptors (Lipinski definition) is 4. The fourth-order valence-corrected chi connectivity index (χ4v) is 6.13. The number of rotatable bonds is 3. The van der Waals surface area contributed by atoms with Gasteiger partial charge in [0.25, 0.3) is 0 Å². The first-order valence-corrected chi connectivity index (χ1v) is 11.4. The Bertz CT molecular complexity index is 998. The molecule has 2 atom stereocenters. The van der Waals surface area contributed by atoms with Crippen molar-refractivity contribution in [1.29, 1.82) is 0 Å². The average molecular weight is 448 g/mol. The molecule has 164 valence electrons. The van der Waals surface area contributed by atoms with Crippen LogP contribution in [0.1, 0.15) is 31.2 Å². The Kier molecular flexibility index (Phi) is 5.27. The number of carbonyl (C=O) groups excluding carboxylic acids is 1. The molecule has 5 rings (SSSR count). The van der Waals surface area contributed by atoms with Gasteiger partial charge in [0.05, 0.1) is 23.5 Å². The van der Waals surface area contributed by atoms with Gasteiger partial charge in [0.1, 0.15) is 0 Å². The number of nitrogens with zero attached hydrogens (tertiary/aromatic N) is 2. The number of halogens is 3. The zero-order valence-corrected chi connectivity index (χ0v) is 18.0. The number of benzene rings is 2. The van der Waals surface area contributed by atoms with Crippen molar-refractivity contribution in [3.63, 3.8) is 0 Å². The van der Waals surface area contributed by atoms with E-state index in [4.69, 9.17) is 0 Å². The molecule has 2 aromatic carbocycles. The third kappa shape index (κ3) is 3.85. The van der Waals surface area contributed by atoms with Crippen LogP contribution in [0.5, 0.6) is 0 Å². The van der Waals surface area contributed by atoms with Crippen LogP contribution in [0, 0.1) is 0 Å². The van der Waals surface area contributed by atoms with Gasteiger partial charge in [-0.25, -0.2) is 0 Å². The summed E-state index contributed by atoms with van der Waals surface area (Å²) in [6.45, 7) is 0.0997. The number of fused-ring (bicyclic) bond motifs is 4. The van der Waals surface area contributed by atoms with Gasteiger partial charge in [-0.1, -0.05) is 23.9 Å². The van der Waals surface area contributed by atoms with Crippen molar-refractivity contribution in [2.45, 2.75) is 59.8 Å². The maximum absolute atomic E-state index is 13.4. The third-order valence-corrected chi connectivity index (χ3v) is 7.87. The lowest BCUT2D eigenvalue weighted by atomic mass is 9.98. The monoisotopic (exact) mass is 447 g/mol. The van der Waals surface area contributed by atoms with Crippen LogP contribution < -0.4 is 10.2 Å². The summed E-state index contributed by atoms with van der Waals surface area (Å²) in [6.07, 6.45) is -0.0741. The number of alkyl halides is 3. The Labute approximate surface area is 183 Å². The quantitative estimate of drug-likeness (QED) is 0.714. The minimum atomic E-state index is -4.46. The van der Waals surface area contributed by atoms with Gasteiger partial charge >= 0.3 is 6.18 Å². The number of carbonyl (C=O) groups is 1. The summed E-state index contributed by atoms with van der Waals surface area (Å²) in [4.78, 5) is 18.7. The van der Waals surface area contributed by atoms with Crippen molar-refractivity contribution < 1.29 is 18.0 Å². The largest absolute Gasteiger partial charge is 0.416 e. The second-order valence-corrected chi connectivity index (χ2v) is 9.66. The van der Waals surface area contributed by atoms with Gasteiger partial charge in [-0.2, -0.15) is 13.2 Å². The van der Waals surface area contributed by atoms with E-state index in [-0.39, 0.29) is 18.5 Å². The van der Waals surface area contributed by atoms with E-state index in [1.54, 1.807) is 12.1 Å². The van der Waals surface area contributed by atoms with Crippen LogP contribution in [0.2, 0.25) is 0 Å². The van der Waals surface area contributed by atoms with Gasteiger partial charge in [0, 0.05) is 27.9 Å². The maximum atomic E-state index is 13.4. The molecule has 2 unspecified atom stereocenters. The number of hydrogen-bond donors (Lipinski definition) is 1. The molecule has 1 amide bonds. The molecule has 31 heavy (non-hydrogen) atoms. The van der Waals surface area contributed by atoms with Crippen LogP contribution in [-0.4, -0.2) is 42.5 Å². The Balaban J connectivity index is 1.40. The number of anilines is 2. The molecular formula is C23H24F3N3OS. The summed E-state index contributed by atoms with van der Waals surface area (Å²) in [5, 5.41) is 3.40. The van der Waals surface area contributed by atoms with Crippen LogP contribution in [0.3, 0.4) is 0 Å². The third-order valence-electron chi connectivity index (χ3n) is 6.74. The fourth-order valence-electron chi connectivity index (χ4n) is 5.09. The summed E-state index contributed by atoms with van der Waals surface area (Å²) in [6, 6.07) is 12.3. The fraction of sp³-hybridized carbons (Fsp3) is 0.435. The summed E-state index contributed by atoms with van der Waals surface area (Å²) in [7, 11) is 2.17. The molecule has 2 bridgehead atoms. The molecule has 1 N–H and O–H groups in total. The van der Waals surface area contributed by atoms with Crippen LogP contribution in [0.4, 0.5) is 24.5 Å². The second kappa shape index (κ2) is 7.83. The Morgan fingerprint density at radius 2 is 1.74 bits per heavy atom. The average Bonchev–Trinajstić information content (AvgIpc) is 2.95. The second-order valence-electron chi connectivity index (χ2n) is 8.58. The van der Waals surface area contributed by atoms with E-state index in [9.17, 15) is 18.0 Å². The molecule has 0 radical (unpaired) electrons. The highest BCUT2D eigenvalue weighted by Gasteiger charge is 2.39. The van der Waals surface area contributed by atoms with Gasteiger partial charge in [0.2, 0.25) is 5.91 Å². The molecule has 3 aliphatic rings. The van der Waals surface area contributed by atoms with Gasteiger partial charge < -0.3 is 10.2 Å². The zero-order chi connectivity index (χ0) is 21.8. The summed E-state index contributed by atoms with van der Waals surface area (Å²) in [5.74, 6) is -0.236. The van der Waals surface area contributed by atoms with Crippen LogP contribution >= 0.6 is 11.8 Å². The van der Waals surface area contributed by atoms with E-state index >= 15 is 0 Å². The van der Waals surface area contributed by atoms with Crippen LogP contribution in [-0.2, 0) is 11.0 Å². The number of piperidine rings is 1. The van der Waals surface area contributed by atoms with Crippen molar-refractivity contribution in [2.24, 2.45) is 0 Å². The first-order chi connectivity index (χ1) is 14.8. The topological polar surface area (TPSA) is 35.6 Å². The summed E-state index contributed by atoms with van der Waals surface area (Å²) in [5.41, 5.74) is 0.187. The van der Waals surface area contributed by atoms with Crippen molar-refractivity contribution >= 4 is 29.0 Å². The van der Waals surface area contributed by atoms with E-state index in [2.05, 4.69) is 17.3 Å². The standard InChI is InChI=1S/C23H24F3N3OS/c1-28-16-7-8-17(28)12-15(11-16)27-13-22(30)29-18-4-2-3-5-20(18)31-21-9-6-14(10-19(21)29)23(24,25)26/h2-6,9-10,15-17,27H,7-8,11-13H2,1H3. The number of nitrogens with one attached hydrogen (secondary N) is 1. The van der Waals surface area contributed by atoms with Gasteiger partial charge in [-0.05, 0) is 63.1 Å². The highest BCUT2D eigenvalue weighted by molar-refractivity contribution is 7.99. The molecule has 3 heterocycles. The lowest BCUT2D eigenvalue weighted by Gasteiger charge is -2.37. The van der Waals surface area contributed by atoms with E-state index in [1.165, 1.54) is 35.6 Å². The molecule has 4 nitrogen and oxygen atoms in total. The molecule has 0 saturated carbocycles. The maximum Gasteiger partial charge on any atom is 0.416 e. The summed E-state index contributed by atoms with van der Waals surface area (Å²) >= 11 is 1.39. The molecule has 0 aliphatic carbocycles. The van der Waals surface area contributed by atoms with Crippen LogP contribution in [0.25, 0.3) is 0 Å². The lowest BCUT2D eigenvalue weighted by molar-refractivity contribution is -0.137. The lowest BCUT2D eigenvalue weighted by Crippen LogP contribution is -2.49. The van der Waals surface area contributed by atoms with E-state index < -0.39 is 11.7 Å². The molecule has 2 fully saturated rings. The SMILES string of the molecule is CN1C2CCC1CC(NCC(=O)N1c3ccccc3Sc3ccc(C(F)(F)F)cc31)C2. The van der Waals surface area contributed by atoms with Crippen molar-refractivity contribution in [3.05, 3.63) is 48.0 Å². The Morgan fingerprint density at radius 1 is 1.06 bits per heavy atom. The normalized spacial score (nSPS) is 25.3. The van der Waals surface area contributed by atoms with Crippen molar-refractivity contribution in [1.82, 2.24) is 10.2 Å². The smallest absolute Gasteiger partial charge is 0.305 e. The minimum Gasteiger partial charge on any atom is -0.305 e. The Morgan fingerprint density at radius 3 is 2.45 bits per heavy atom. The van der Waals surface area contributed by atoms with E-state index in [0.29, 0.717) is 28.4 Å². The predicted octanol–water partition coefficient (Wildman–Crippen LogP) is 5.05. The van der Waals surface area contributed by atoms with Crippen molar-refractivity contribution in [3.8, 4) is 0 Å². The zero-order valence-electron chi connectivity index (χ0n) is 17.2. The first kappa shape index (κ1) is 20.8. The van der Waals surface area contributed by atoms with Gasteiger partial charge in [0.15, 0.2) is 0 Å². The highest BCUT2D eigenvalue weighted by Crippen LogP contribution is 2.49. The first-order valence-electron chi connectivity index (χ1n) is 10.6. The van der Waals surface area contributed by atoms with Gasteiger partial charge in [-0.3, -0.25) is 9.69 Å². The molecule has 3 aliphatic heterocycles. The molecule has 0 spiro atoms. The van der Waals surface area contributed by atoms with E-state index in [1.807, 2.05) is 12.1 Å². The Hall–Kier alpha value is -2.03. The summed E-state index contributed by atoms with van der Waals surface area (Å²) < 4.78 is 40.1. The molecule has 8 heteroatoms. The van der Waals surface area contributed by atoms with Crippen LogP contribution in [0.15, 0.2) is 52.3 Å². The van der Waals surface area contributed by atoms with E-state index in [0.717, 1.165) is 29.9 Å². The van der Waals surface area contributed by atoms with Crippen molar-refractivity contribution in [2.75, 3.05) is 18.5 Å². The van der Waals surface area contributed by atoms with Gasteiger partial charge in [-0.15, -0.1) is 0 Å². The molecular weight excluding hydrogens is 423 g/mol. The number of para-hydroxylation sites is 1.